The molecule has 9 heteroatoms. The summed E-state index contributed by atoms with van der Waals surface area (Å²) in [5.41, 5.74) is 9.10. The molecule has 9 nitrogen and oxygen atoms in total. The number of rotatable bonds is 5. The highest BCUT2D eigenvalue weighted by Gasteiger charge is 2.32. The van der Waals surface area contributed by atoms with Gasteiger partial charge in [0.2, 0.25) is 18.2 Å². The molecule has 2 aromatic rings. The first-order valence-corrected chi connectivity index (χ1v) is 10.2. The van der Waals surface area contributed by atoms with E-state index in [4.69, 9.17) is 19.9 Å². The topological polar surface area (TPSA) is 96.9 Å². The molecular formula is C22H28N6O3. The third kappa shape index (κ3) is 4.51. The number of ether oxygens (including phenoxy) is 3. The van der Waals surface area contributed by atoms with Gasteiger partial charge in [-0.1, -0.05) is 17.7 Å². The number of nitrogens with one attached hydrogen (secondary N) is 1. The Bertz CT molecular complexity index is 970. The van der Waals surface area contributed by atoms with Gasteiger partial charge in [0.15, 0.2) is 11.5 Å². The van der Waals surface area contributed by atoms with Crippen molar-refractivity contribution in [1.82, 2.24) is 4.90 Å². The Labute approximate surface area is 182 Å². The largest absolute Gasteiger partial charge is 0.493 e. The minimum atomic E-state index is -0.490. The molecule has 4 rings (SSSR count). The van der Waals surface area contributed by atoms with Crippen LogP contribution < -0.4 is 25.4 Å². The third-order valence-corrected chi connectivity index (χ3v) is 5.21. The number of hydrogen-bond donors (Lipinski definition) is 2. The third-order valence-electron chi connectivity index (χ3n) is 5.21. The predicted molar refractivity (Wildman–Crippen MR) is 122 cm³/mol. The maximum absolute atomic E-state index is 6.14. The molecule has 2 heterocycles. The van der Waals surface area contributed by atoms with Crippen LogP contribution in [0.5, 0.6) is 11.5 Å². The second-order valence-electron chi connectivity index (χ2n) is 7.29. The monoisotopic (exact) mass is 424 g/mol. The van der Waals surface area contributed by atoms with Crippen molar-refractivity contribution in [2.24, 2.45) is 15.7 Å². The fraction of sp³-hybridized carbons (Fsp3) is 0.364. The van der Waals surface area contributed by atoms with Crippen molar-refractivity contribution in [3.05, 3.63) is 48.0 Å². The first-order chi connectivity index (χ1) is 15.1. The number of nitrogens with two attached hydrogens (primary N) is 1. The van der Waals surface area contributed by atoms with E-state index in [-0.39, 0.29) is 5.96 Å². The fourth-order valence-electron chi connectivity index (χ4n) is 3.60. The van der Waals surface area contributed by atoms with E-state index in [0.29, 0.717) is 24.7 Å². The predicted octanol–water partition coefficient (Wildman–Crippen LogP) is 2.23. The van der Waals surface area contributed by atoms with Gasteiger partial charge in [0.1, 0.15) is 0 Å². The van der Waals surface area contributed by atoms with E-state index in [2.05, 4.69) is 56.3 Å². The Morgan fingerprint density at radius 2 is 1.74 bits per heavy atom. The van der Waals surface area contributed by atoms with Crippen LogP contribution in [-0.4, -0.2) is 63.6 Å². The van der Waals surface area contributed by atoms with Gasteiger partial charge in [0.25, 0.3) is 0 Å². The number of methoxy groups -OCH3 is 2. The van der Waals surface area contributed by atoms with Gasteiger partial charge >= 0.3 is 0 Å². The van der Waals surface area contributed by atoms with Crippen LogP contribution in [0.4, 0.5) is 11.4 Å². The Hall–Kier alpha value is -3.46. The molecule has 2 aliphatic heterocycles. The number of aryl methyl sites for hydroxylation is 1. The number of benzene rings is 2. The van der Waals surface area contributed by atoms with E-state index < -0.39 is 6.29 Å². The van der Waals surface area contributed by atoms with Crippen molar-refractivity contribution in [2.45, 2.75) is 13.2 Å². The van der Waals surface area contributed by atoms with Crippen molar-refractivity contribution in [2.75, 3.05) is 50.7 Å². The average molecular weight is 425 g/mol. The molecule has 1 saturated heterocycles. The lowest BCUT2D eigenvalue weighted by atomic mass is 10.2. The maximum atomic E-state index is 6.14. The van der Waals surface area contributed by atoms with Crippen molar-refractivity contribution in [3.63, 3.8) is 0 Å². The van der Waals surface area contributed by atoms with Gasteiger partial charge in [0, 0.05) is 30.5 Å². The van der Waals surface area contributed by atoms with Gasteiger partial charge < -0.3 is 30.2 Å². The molecule has 164 valence electrons. The van der Waals surface area contributed by atoms with Crippen molar-refractivity contribution in [1.29, 1.82) is 0 Å². The van der Waals surface area contributed by atoms with E-state index >= 15 is 0 Å². The summed E-state index contributed by atoms with van der Waals surface area (Å²) >= 11 is 0. The first-order valence-electron chi connectivity index (χ1n) is 10.2. The molecule has 0 radical (unpaired) electrons. The van der Waals surface area contributed by atoms with Crippen LogP contribution in [0.1, 0.15) is 5.56 Å². The van der Waals surface area contributed by atoms with Gasteiger partial charge in [0.05, 0.1) is 27.4 Å². The van der Waals surface area contributed by atoms with E-state index in [0.717, 1.165) is 30.4 Å². The van der Waals surface area contributed by atoms with Crippen LogP contribution in [0.2, 0.25) is 0 Å². The van der Waals surface area contributed by atoms with Crippen LogP contribution in [0.25, 0.3) is 0 Å². The number of anilines is 2. The van der Waals surface area contributed by atoms with E-state index in [1.54, 1.807) is 14.2 Å². The summed E-state index contributed by atoms with van der Waals surface area (Å²) in [6.07, 6.45) is -0.490. The molecule has 2 aromatic carbocycles. The van der Waals surface area contributed by atoms with Crippen LogP contribution in [0.15, 0.2) is 52.4 Å². The number of aliphatic imine (C=N–C) groups is 2. The lowest BCUT2D eigenvalue weighted by Gasteiger charge is -2.41. The molecule has 0 aromatic heterocycles. The molecule has 31 heavy (non-hydrogen) atoms. The Morgan fingerprint density at radius 1 is 1.03 bits per heavy atom. The van der Waals surface area contributed by atoms with E-state index in [1.165, 1.54) is 5.56 Å². The van der Waals surface area contributed by atoms with Crippen molar-refractivity contribution < 1.29 is 14.2 Å². The molecule has 0 bridgehead atoms. The van der Waals surface area contributed by atoms with Gasteiger partial charge in [-0.3, -0.25) is 4.90 Å². The number of guanidine groups is 2. The summed E-state index contributed by atoms with van der Waals surface area (Å²) in [6, 6.07) is 13.9. The molecule has 0 aliphatic carbocycles. The smallest absolute Gasteiger partial charge is 0.222 e. The summed E-state index contributed by atoms with van der Waals surface area (Å²) < 4.78 is 16.3. The second kappa shape index (κ2) is 9.13. The van der Waals surface area contributed by atoms with Gasteiger partial charge in [-0.2, -0.15) is 4.99 Å². The summed E-state index contributed by atoms with van der Waals surface area (Å²) in [5.74, 6) is 2.26. The zero-order valence-corrected chi connectivity index (χ0v) is 18.0. The molecule has 1 atom stereocenters. The molecule has 1 unspecified atom stereocenters. The summed E-state index contributed by atoms with van der Waals surface area (Å²) in [5, 5.41) is 3.45. The zero-order valence-electron chi connectivity index (χ0n) is 18.0. The van der Waals surface area contributed by atoms with Crippen molar-refractivity contribution >= 4 is 23.3 Å². The standard InChI is InChI=1S/C22H28N6O3/c1-15-4-7-17(8-5-15)28-21(24-16-6-9-18(29-2)19(14-16)30-3)25-20(23)26-22(28)27-10-12-31-13-11-27/h4-9,14,21,24H,10-13H2,1-3H3,(H2,23,25). The second-order valence-corrected chi connectivity index (χ2v) is 7.29. The minimum Gasteiger partial charge on any atom is -0.493 e. The molecule has 2 aliphatic rings. The molecule has 1 fully saturated rings. The molecule has 0 saturated carbocycles. The first kappa shape index (κ1) is 20.8. The number of hydrogen-bond acceptors (Lipinski definition) is 9. The Balaban J connectivity index is 1.70. The van der Waals surface area contributed by atoms with Crippen molar-refractivity contribution in [3.8, 4) is 11.5 Å². The SMILES string of the molecule is COc1ccc(NC2N=C(N)N=C(N3CCOCC3)N2c2ccc(C)cc2)cc1OC. The fourth-order valence-corrected chi connectivity index (χ4v) is 3.60. The van der Waals surface area contributed by atoms with Gasteiger partial charge in [-0.25, -0.2) is 4.99 Å². The molecule has 0 spiro atoms. The maximum Gasteiger partial charge on any atom is 0.222 e. The molecule has 3 N–H and O–H groups in total. The summed E-state index contributed by atoms with van der Waals surface area (Å²) in [6.45, 7) is 4.82. The average Bonchev–Trinajstić information content (AvgIpc) is 2.80. The van der Waals surface area contributed by atoms with Crippen LogP contribution in [0, 0.1) is 6.92 Å². The van der Waals surface area contributed by atoms with E-state index in [9.17, 15) is 0 Å². The normalized spacial score (nSPS) is 18.9. The molecule has 0 amide bonds. The molecular weight excluding hydrogens is 396 g/mol. The summed E-state index contributed by atoms with van der Waals surface area (Å²) in [4.78, 5) is 13.4. The number of morpholine rings is 1. The highest BCUT2D eigenvalue weighted by Crippen LogP contribution is 2.31. The highest BCUT2D eigenvalue weighted by molar-refractivity contribution is 6.06. The Morgan fingerprint density at radius 3 is 2.42 bits per heavy atom. The van der Waals surface area contributed by atoms with Gasteiger partial charge in [-0.15, -0.1) is 0 Å². The van der Waals surface area contributed by atoms with Crippen LogP contribution >= 0.6 is 0 Å². The lowest BCUT2D eigenvalue weighted by molar-refractivity contribution is 0.0671. The zero-order chi connectivity index (χ0) is 21.8. The number of nitrogens with zero attached hydrogens (tertiary/aromatic N) is 4. The summed E-state index contributed by atoms with van der Waals surface area (Å²) in [7, 11) is 3.22. The Kier molecular flexibility index (Phi) is 6.13. The van der Waals surface area contributed by atoms with Crippen LogP contribution in [-0.2, 0) is 4.74 Å². The lowest BCUT2D eigenvalue weighted by Crippen LogP contribution is -2.57. The van der Waals surface area contributed by atoms with E-state index in [1.807, 2.05) is 18.2 Å². The highest BCUT2D eigenvalue weighted by atomic mass is 16.5. The van der Waals surface area contributed by atoms with Crippen LogP contribution in [0.3, 0.4) is 0 Å². The minimum absolute atomic E-state index is 0.225. The van der Waals surface area contributed by atoms with Gasteiger partial charge in [-0.05, 0) is 31.2 Å². The quantitative estimate of drug-likeness (QED) is 0.760.